The SMILES string of the molecule is O=C([C@@H]1CCCO1)N(Cc1ccc2c(c1)OCCO2)[C@H]1CCCc2ccccc21. The Bertz CT molecular complexity index is 890. The van der Waals surface area contributed by atoms with Crippen LogP contribution in [-0.2, 0) is 22.5 Å². The fourth-order valence-electron chi connectivity index (χ4n) is 4.73. The molecule has 0 spiro atoms. The highest BCUT2D eigenvalue weighted by Gasteiger charge is 2.35. The first-order chi connectivity index (χ1) is 14.3. The van der Waals surface area contributed by atoms with Crippen LogP contribution in [0, 0.1) is 0 Å². The summed E-state index contributed by atoms with van der Waals surface area (Å²) >= 11 is 0. The monoisotopic (exact) mass is 393 g/mol. The van der Waals surface area contributed by atoms with E-state index < -0.39 is 0 Å². The molecular weight excluding hydrogens is 366 g/mol. The van der Waals surface area contributed by atoms with Crippen LogP contribution in [0.1, 0.15) is 48.4 Å². The number of hydrogen-bond acceptors (Lipinski definition) is 4. The van der Waals surface area contributed by atoms with Gasteiger partial charge in [-0.1, -0.05) is 30.3 Å². The van der Waals surface area contributed by atoms with Crippen molar-refractivity contribution in [2.45, 2.75) is 50.8 Å². The third-order valence-corrected chi connectivity index (χ3v) is 6.16. The molecule has 2 aromatic carbocycles. The van der Waals surface area contributed by atoms with Crippen molar-refractivity contribution in [1.29, 1.82) is 0 Å². The lowest BCUT2D eigenvalue weighted by Gasteiger charge is -2.37. The molecule has 1 fully saturated rings. The highest BCUT2D eigenvalue weighted by Crippen LogP contribution is 2.37. The van der Waals surface area contributed by atoms with Crippen molar-refractivity contribution in [3.63, 3.8) is 0 Å². The van der Waals surface area contributed by atoms with E-state index >= 15 is 0 Å². The largest absolute Gasteiger partial charge is 0.486 e. The molecule has 1 amide bonds. The molecule has 0 radical (unpaired) electrons. The molecule has 0 N–H and O–H groups in total. The van der Waals surface area contributed by atoms with Gasteiger partial charge < -0.3 is 19.1 Å². The van der Waals surface area contributed by atoms with Gasteiger partial charge in [-0.25, -0.2) is 0 Å². The fraction of sp³-hybridized carbons (Fsp3) is 0.458. The van der Waals surface area contributed by atoms with Crippen LogP contribution in [0.2, 0.25) is 0 Å². The Morgan fingerprint density at radius 1 is 0.966 bits per heavy atom. The third kappa shape index (κ3) is 3.71. The molecule has 5 heteroatoms. The molecule has 3 aliphatic rings. The van der Waals surface area contributed by atoms with Gasteiger partial charge in [0.25, 0.3) is 5.91 Å². The number of ether oxygens (including phenoxy) is 3. The first-order valence-corrected chi connectivity index (χ1v) is 10.7. The number of hydrogen-bond donors (Lipinski definition) is 0. The molecule has 0 saturated carbocycles. The number of carbonyl (C=O) groups excluding carboxylic acids is 1. The van der Waals surface area contributed by atoms with Crippen LogP contribution in [0.15, 0.2) is 42.5 Å². The second-order valence-corrected chi connectivity index (χ2v) is 8.05. The first-order valence-electron chi connectivity index (χ1n) is 10.7. The summed E-state index contributed by atoms with van der Waals surface area (Å²) in [5.74, 6) is 1.65. The van der Waals surface area contributed by atoms with E-state index in [1.165, 1.54) is 11.1 Å². The molecule has 0 bridgehead atoms. The van der Waals surface area contributed by atoms with Crippen LogP contribution in [0.5, 0.6) is 11.5 Å². The van der Waals surface area contributed by atoms with Crippen LogP contribution in [0.4, 0.5) is 0 Å². The average Bonchev–Trinajstić information content (AvgIpc) is 3.32. The number of aryl methyl sites for hydroxylation is 1. The summed E-state index contributed by atoms with van der Waals surface area (Å²) in [6, 6.07) is 14.6. The summed E-state index contributed by atoms with van der Waals surface area (Å²) in [7, 11) is 0. The van der Waals surface area contributed by atoms with E-state index in [4.69, 9.17) is 14.2 Å². The number of amides is 1. The van der Waals surface area contributed by atoms with Crippen LogP contribution in [0.3, 0.4) is 0 Å². The lowest BCUT2D eigenvalue weighted by molar-refractivity contribution is -0.144. The molecule has 2 aromatic rings. The van der Waals surface area contributed by atoms with Gasteiger partial charge in [0.15, 0.2) is 11.5 Å². The van der Waals surface area contributed by atoms with E-state index in [2.05, 4.69) is 24.3 Å². The van der Waals surface area contributed by atoms with Gasteiger partial charge in [0.1, 0.15) is 19.3 Å². The highest BCUT2D eigenvalue weighted by atomic mass is 16.6. The van der Waals surface area contributed by atoms with Gasteiger partial charge in [0, 0.05) is 13.2 Å². The Labute approximate surface area is 171 Å². The predicted octanol–water partition coefficient (Wildman–Crippen LogP) is 4.04. The van der Waals surface area contributed by atoms with E-state index in [1.807, 2.05) is 23.1 Å². The number of fused-ring (bicyclic) bond motifs is 2. The molecule has 1 saturated heterocycles. The van der Waals surface area contributed by atoms with Crippen molar-refractivity contribution in [2.75, 3.05) is 19.8 Å². The predicted molar refractivity (Wildman–Crippen MR) is 109 cm³/mol. The lowest BCUT2D eigenvalue weighted by Crippen LogP contribution is -2.42. The minimum atomic E-state index is -0.318. The maximum atomic E-state index is 13.5. The quantitative estimate of drug-likeness (QED) is 0.787. The second kappa shape index (κ2) is 8.07. The van der Waals surface area contributed by atoms with Crippen LogP contribution < -0.4 is 9.47 Å². The zero-order valence-electron chi connectivity index (χ0n) is 16.6. The van der Waals surface area contributed by atoms with Crippen molar-refractivity contribution in [2.24, 2.45) is 0 Å². The fourth-order valence-corrected chi connectivity index (χ4v) is 4.73. The van der Waals surface area contributed by atoms with E-state index in [0.717, 1.165) is 49.2 Å². The van der Waals surface area contributed by atoms with Crippen LogP contribution in [0.25, 0.3) is 0 Å². The summed E-state index contributed by atoms with van der Waals surface area (Å²) in [6.07, 6.45) is 4.61. The highest BCUT2D eigenvalue weighted by molar-refractivity contribution is 5.81. The summed E-state index contributed by atoms with van der Waals surface area (Å²) < 4.78 is 17.2. The molecule has 0 aromatic heterocycles. The Morgan fingerprint density at radius 2 is 1.83 bits per heavy atom. The minimum absolute atomic E-state index is 0.0878. The third-order valence-electron chi connectivity index (χ3n) is 6.16. The molecule has 2 aliphatic heterocycles. The van der Waals surface area contributed by atoms with Crippen molar-refractivity contribution in [1.82, 2.24) is 4.90 Å². The number of carbonyl (C=O) groups is 1. The first kappa shape index (κ1) is 18.5. The Hall–Kier alpha value is -2.53. The standard InChI is InChI=1S/C24H27NO4/c26-24(22-9-4-12-27-22)25(20-8-3-6-18-5-1-2-7-19(18)20)16-17-10-11-21-23(15-17)29-14-13-28-21/h1-2,5,7,10-11,15,20,22H,3-4,6,8-9,12-14,16H2/t20-,22-/m0/s1. The van der Waals surface area contributed by atoms with Crippen molar-refractivity contribution in [3.8, 4) is 11.5 Å². The van der Waals surface area contributed by atoms with Gasteiger partial charge in [-0.3, -0.25) is 4.79 Å². The molecule has 1 aliphatic carbocycles. The number of nitrogens with zero attached hydrogens (tertiary/aromatic N) is 1. The van der Waals surface area contributed by atoms with Gasteiger partial charge >= 0.3 is 0 Å². The van der Waals surface area contributed by atoms with Crippen molar-refractivity contribution in [3.05, 3.63) is 59.2 Å². The Morgan fingerprint density at radius 3 is 2.69 bits per heavy atom. The summed E-state index contributed by atoms with van der Waals surface area (Å²) in [5, 5.41) is 0. The summed E-state index contributed by atoms with van der Waals surface area (Å²) in [4.78, 5) is 15.5. The van der Waals surface area contributed by atoms with Gasteiger partial charge in [-0.2, -0.15) is 0 Å². The zero-order valence-corrected chi connectivity index (χ0v) is 16.6. The lowest BCUT2D eigenvalue weighted by atomic mass is 9.86. The molecule has 152 valence electrons. The molecule has 2 heterocycles. The summed E-state index contributed by atoms with van der Waals surface area (Å²) in [5.41, 5.74) is 3.70. The topological polar surface area (TPSA) is 48.0 Å². The van der Waals surface area contributed by atoms with E-state index in [-0.39, 0.29) is 18.1 Å². The van der Waals surface area contributed by atoms with Gasteiger partial charge in [-0.15, -0.1) is 0 Å². The summed E-state index contributed by atoms with van der Waals surface area (Å²) in [6.45, 7) is 2.36. The molecular formula is C24H27NO4. The van der Waals surface area contributed by atoms with E-state index in [1.54, 1.807) is 0 Å². The van der Waals surface area contributed by atoms with Gasteiger partial charge in [0.05, 0.1) is 6.04 Å². The van der Waals surface area contributed by atoms with Crippen molar-refractivity contribution >= 4 is 5.91 Å². The average molecular weight is 393 g/mol. The van der Waals surface area contributed by atoms with Crippen molar-refractivity contribution < 1.29 is 19.0 Å². The molecule has 5 nitrogen and oxygen atoms in total. The number of rotatable bonds is 4. The molecule has 2 atom stereocenters. The molecule has 0 unspecified atom stereocenters. The van der Waals surface area contributed by atoms with Gasteiger partial charge in [0.2, 0.25) is 0 Å². The maximum absolute atomic E-state index is 13.5. The normalized spacial score (nSPS) is 22.8. The second-order valence-electron chi connectivity index (χ2n) is 8.05. The van der Waals surface area contributed by atoms with E-state index in [9.17, 15) is 4.79 Å². The zero-order chi connectivity index (χ0) is 19.6. The Kier molecular flexibility index (Phi) is 5.15. The number of benzene rings is 2. The van der Waals surface area contributed by atoms with Crippen LogP contribution in [-0.4, -0.2) is 36.7 Å². The molecule has 5 rings (SSSR count). The molecule has 29 heavy (non-hydrogen) atoms. The van der Waals surface area contributed by atoms with E-state index in [0.29, 0.717) is 26.4 Å². The maximum Gasteiger partial charge on any atom is 0.252 e. The Balaban J connectivity index is 1.47. The van der Waals surface area contributed by atoms with Gasteiger partial charge in [-0.05, 0) is 60.9 Å². The smallest absolute Gasteiger partial charge is 0.252 e. The minimum Gasteiger partial charge on any atom is -0.486 e. The van der Waals surface area contributed by atoms with Crippen LogP contribution >= 0.6 is 0 Å².